The third-order valence-corrected chi connectivity index (χ3v) is 7.28. The van der Waals surface area contributed by atoms with E-state index in [-0.39, 0.29) is 0 Å². The quantitative estimate of drug-likeness (QED) is 0.657. The zero-order chi connectivity index (χ0) is 17.7. The van der Waals surface area contributed by atoms with E-state index in [0.29, 0.717) is 11.8 Å². The molecule has 0 fully saturated rings. The van der Waals surface area contributed by atoms with E-state index in [4.69, 9.17) is 0 Å². The van der Waals surface area contributed by atoms with Gasteiger partial charge in [-0.25, -0.2) is 0 Å². The van der Waals surface area contributed by atoms with Gasteiger partial charge in [-0.05, 0) is 12.1 Å². The minimum absolute atomic E-state index is 0.333. The third kappa shape index (κ3) is 3.50. The molecule has 25 heavy (non-hydrogen) atoms. The monoisotopic (exact) mass is 346 g/mol. The van der Waals surface area contributed by atoms with Gasteiger partial charge in [0.25, 0.3) is 0 Å². The Morgan fingerprint density at radius 3 is 1.84 bits per heavy atom. The van der Waals surface area contributed by atoms with Crippen LogP contribution < -0.4 is 15.5 Å². The Morgan fingerprint density at radius 2 is 1.32 bits per heavy atom. The van der Waals surface area contributed by atoms with Gasteiger partial charge in [0, 0.05) is 17.7 Å². The Kier molecular flexibility index (Phi) is 5.03. The summed E-state index contributed by atoms with van der Waals surface area (Å²) in [6.07, 6.45) is 0.333. The molecule has 0 N–H and O–H groups in total. The van der Waals surface area contributed by atoms with E-state index in [0.717, 1.165) is 16.3 Å². The van der Waals surface area contributed by atoms with Gasteiger partial charge in [-0.3, -0.25) is 0 Å². The first-order valence-electron chi connectivity index (χ1n) is 8.06. The predicted molar refractivity (Wildman–Crippen MR) is 104 cm³/mol. The van der Waals surface area contributed by atoms with Crippen LogP contribution in [0.2, 0.25) is 0 Å². The van der Waals surface area contributed by atoms with Crippen LogP contribution in [0.25, 0.3) is 0 Å². The molecule has 0 aliphatic carbocycles. The van der Waals surface area contributed by atoms with Gasteiger partial charge in [-0.1, -0.05) is 72.8 Å². The maximum absolute atomic E-state index is 14.1. The molecule has 124 valence electrons. The molecule has 0 bridgehead atoms. The lowest BCUT2D eigenvalue weighted by Gasteiger charge is -2.27. The number of para-hydroxylation sites is 1. The summed E-state index contributed by atoms with van der Waals surface area (Å²) >= 11 is 0. The highest BCUT2D eigenvalue weighted by molar-refractivity contribution is 7.78. The number of nitrogens with zero attached hydrogens (tertiary/aromatic N) is 2. The first-order valence-corrected chi connectivity index (χ1v) is 9.95. The maximum atomic E-state index is 14.1. The van der Waals surface area contributed by atoms with E-state index in [1.807, 2.05) is 90.8 Å². The van der Waals surface area contributed by atoms with Crippen molar-refractivity contribution in [3.63, 3.8) is 0 Å². The summed E-state index contributed by atoms with van der Waals surface area (Å²) < 4.78 is 14.1. The molecule has 0 amide bonds. The smallest absolute Gasteiger partial charge is 0.161 e. The lowest BCUT2D eigenvalue weighted by molar-refractivity contribution is 0.586. The highest BCUT2D eigenvalue weighted by Gasteiger charge is 2.29. The van der Waals surface area contributed by atoms with Crippen molar-refractivity contribution >= 4 is 23.4 Å². The molecule has 0 unspecified atom stereocenters. The van der Waals surface area contributed by atoms with Gasteiger partial charge in [-0.2, -0.15) is 5.26 Å². The highest BCUT2D eigenvalue weighted by Crippen LogP contribution is 2.44. The van der Waals surface area contributed by atoms with Gasteiger partial charge in [0.05, 0.1) is 17.5 Å². The van der Waals surface area contributed by atoms with Gasteiger partial charge in [0.1, 0.15) is 6.07 Å². The van der Waals surface area contributed by atoms with Crippen molar-refractivity contribution in [2.24, 2.45) is 0 Å². The van der Waals surface area contributed by atoms with Crippen molar-refractivity contribution < 1.29 is 4.57 Å². The molecule has 0 saturated carbocycles. The molecule has 0 aliphatic rings. The Balaban J connectivity index is 2.05. The Bertz CT molecular complexity index is 889. The van der Waals surface area contributed by atoms with E-state index in [9.17, 15) is 9.83 Å². The van der Waals surface area contributed by atoms with Crippen LogP contribution in [-0.4, -0.2) is 13.3 Å². The molecule has 0 saturated heterocycles. The van der Waals surface area contributed by atoms with Gasteiger partial charge < -0.3 is 9.46 Å². The fraction of sp³-hybridized carbons (Fsp3) is 0.0952. The second-order valence-electron chi connectivity index (χ2n) is 5.88. The molecule has 3 nitrogen and oxygen atoms in total. The van der Waals surface area contributed by atoms with Crippen LogP contribution in [0, 0.1) is 11.3 Å². The summed E-state index contributed by atoms with van der Waals surface area (Å²) in [5, 5.41) is 11.0. The topological polar surface area (TPSA) is 44.1 Å². The number of rotatable bonds is 5. The van der Waals surface area contributed by atoms with Crippen LogP contribution in [-0.2, 0) is 4.57 Å². The van der Waals surface area contributed by atoms with Gasteiger partial charge >= 0.3 is 0 Å². The zero-order valence-electron chi connectivity index (χ0n) is 14.0. The summed E-state index contributed by atoms with van der Waals surface area (Å²) in [6.45, 7) is 0. The largest absolute Gasteiger partial charge is 0.366 e. The van der Waals surface area contributed by atoms with E-state index in [2.05, 4.69) is 6.07 Å². The van der Waals surface area contributed by atoms with Crippen molar-refractivity contribution in [1.29, 1.82) is 5.26 Å². The summed E-state index contributed by atoms with van der Waals surface area (Å²) in [7, 11) is -0.976. The molecule has 0 heterocycles. The first kappa shape index (κ1) is 17.0. The van der Waals surface area contributed by atoms with Crippen molar-refractivity contribution in [3.05, 3.63) is 90.5 Å². The summed E-state index contributed by atoms with van der Waals surface area (Å²) in [6, 6.07) is 28.8. The van der Waals surface area contributed by atoms with Crippen molar-refractivity contribution in [3.8, 4) is 6.07 Å². The first-order chi connectivity index (χ1) is 12.1. The molecular formula is C21H19N2OP. The fourth-order valence-corrected chi connectivity index (χ4v) is 5.61. The predicted octanol–water partition coefficient (Wildman–Crippen LogP) is 3.97. The van der Waals surface area contributed by atoms with E-state index in [1.165, 1.54) is 0 Å². The number of hydrogen-bond donors (Lipinski definition) is 0. The van der Waals surface area contributed by atoms with Crippen LogP contribution in [0.3, 0.4) is 0 Å². The Hall–Kier alpha value is -2.82. The van der Waals surface area contributed by atoms with Crippen LogP contribution >= 0.6 is 7.14 Å². The summed E-state index contributed by atoms with van der Waals surface area (Å²) in [4.78, 5) is 1.92. The van der Waals surface area contributed by atoms with Crippen LogP contribution in [0.15, 0.2) is 84.9 Å². The van der Waals surface area contributed by atoms with Crippen LogP contribution in [0.1, 0.15) is 5.56 Å². The summed E-state index contributed by atoms with van der Waals surface area (Å²) in [5.41, 5.74) is 1.37. The van der Waals surface area contributed by atoms with Crippen molar-refractivity contribution in [1.82, 2.24) is 0 Å². The van der Waals surface area contributed by atoms with Gasteiger partial charge in [0.15, 0.2) is 7.14 Å². The summed E-state index contributed by atoms with van der Waals surface area (Å²) in [5.74, 6) is 0. The molecule has 0 radical (unpaired) electrons. The van der Waals surface area contributed by atoms with E-state index < -0.39 is 7.14 Å². The minimum Gasteiger partial charge on any atom is -0.366 e. The Labute approximate surface area is 148 Å². The Morgan fingerprint density at radius 1 is 0.840 bits per heavy atom. The number of hydrogen-bond acceptors (Lipinski definition) is 3. The standard InChI is InChI=1S/C21H19N2OP/c1-23(21-15-9-8-10-18(21)16-22)17-25(24,19-11-4-2-5-12-19)20-13-6-3-7-14-20/h2-15H,17H2,1H3. The number of anilines is 1. The molecule has 0 spiro atoms. The lowest BCUT2D eigenvalue weighted by Crippen LogP contribution is -2.28. The normalized spacial score (nSPS) is 10.9. The fourth-order valence-electron chi connectivity index (χ4n) is 2.93. The molecule has 0 aliphatic heterocycles. The molecule has 0 atom stereocenters. The molecule has 4 heteroatoms. The molecule has 0 aromatic heterocycles. The lowest BCUT2D eigenvalue weighted by atomic mass is 10.2. The van der Waals surface area contributed by atoms with Crippen LogP contribution in [0.5, 0.6) is 0 Å². The second-order valence-corrected chi connectivity index (χ2v) is 8.67. The van der Waals surface area contributed by atoms with E-state index >= 15 is 0 Å². The van der Waals surface area contributed by atoms with Crippen molar-refractivity contribution in [2.75, 3.05) is 18.2 Å². The average molecular weight is 346 g/mol. The third-order valence-electron chi connectivity index (χ3n) is 4.19. The number of benzene rings is 3. The molecule has 3 aromatic rings. The molecular weight excluding hydrogens is 327 g/mol. The highest BCUT2D eigenvalue weighted by atomic mass is 31.2. The second kappa shape index (κ2) is 7.38. The maximum Gasteiger partial charge on any atom is 0.161 e. The zero-order valence-corrected chi connectivity index (χ0v) is 14.9. The van der Waals surface area contributed by atoms with Crippen molar-refractivity contribution in [2.45, 2.75) is 0 Å². The molecule has 3 rings (SSSR count). The average Bonchev–Trinajstić information content (AvgIpc) is 2.69. The van der Waals surface area contributed by atoms with Crippen LogP contribution in [0.4, 0.5) is 5.69 Å². The molecule has 3 aromatic carbocycles. The van der Waals surface area contributed by atoms with Gasteiger partial charge in [-0.15, -0.1) is 0 Å². The SMILES string of the molecule is CN(CP(=O)(c1ccccc1)c1ccccc1)c1ccccc1C#N. The van der Waals surface area contributed by atoms with E-state index in [1.54, 1.807) is 6.07 Å². The number of nitriles is 1. The minimum atomic E-state index is -2.86. The van der Waals surface area contributed by atoms with Gasteiger partial charge in [0.2, 0.25) is 0 Å².